The maximum Gasteiger partial charge on any atom is 0.296 e. The van der Waals surface area contributed by atoms with Crippen molar-refractivity contribution < 1.29 is 19.2 Å². The zero-order valence-electron chi connectivity index (χ0n) is 18.4. The molecule has 0 saturated heterocycles. The molecule has 0 spiro atoms. The van der Waals surface area contributed by atoms with Gasteiger partial charge in [0.1, 0.15) is 17.2 Å². The molecule has 1 amide bonds. The summed E-state index contributed by atoms with van der Waals surface area (Å²) in [5.41, 5.74) is 2.09. The summed E-state index contributed by atoms with van der Waals surface area (Å²) in [5.74, 6) is 0.440. The van der Waals surface area contributed by atoms with Crippen molar-refractivity contribution in [2.45, 2.75) is 13.7 Å². The van der Waals surface area contributed by atoms with Crippen LogP contribution >= 0.6 is 0 Å². The number of anilines is 1. The van der Waals surface area contributed by atoms with E-state index < -0.39 is 10.8 Å². The Morgan fingerprint density at radius 1 is 0.971 bits per heavy atom. The first-order valence-electron chi connectivity index (χ1n) is 10.6. The van der Waals surface area contributed by atoms with Crippen molar-refractivity contribution >= 4 is 17.3 Å². The highest BCUT2D eigenvalue weighted by molar-refractivity contribution is 6.04. The van der Waals surface area contributed by atoms with Gasteiger partial charge in [-0.15, -0.1) is 0 Å². The van der Waals surface area contributed by atoms with Crippen LogP contribution in [0.4, 0.5) is 11.4 Å². The van der Waals surface area contributed by atoms with E-state index in [4.69, 9.17) is 9.47 Å². The molecule has 0 aliphatic heterocycles. The van der Waals surface area contributed by atoms with Crippen molar-refractivity contribution in [2.75, 3.05) is 11.9 Å². The van der Waals surface area contributed by atoms with Gasteiger partial charge in [-0.1, -0.05) is 42.5 Å². The van der Waals surface area contributed by atoms with Gasteiger partial charge >= 0.3 is 0 Å². The van der Waals surface area contributed by atoms with Crippen molar-refractivity contribution in [1.29, 1.82) is 0 Å². The molecule has 34 heavy (non-hydrogen) atoms. The number of aromatic nitrogens is 2. The van der Waals surface area contributed by atoms with Crippen LogP contribution < -0.4 is 14.8 Å². The van der Waals surface area contributed by atoms with Crippen LogP contribution in [0.1, 0.15) is 17.4 Å². The molecule has 4 rings (SSSR count). The second kappa shape index (κ2) is 10.3. The minimum absolute atomic E-state index is 0.0581. The van der Waals surface area contributed by atoms with Gasteiger partial charge in [-0.3, -0.25) is 14.9 Å². The molecule has 0 radical (unpaired) electrons. The number of nitro benzene ring substituents is 1. The van der Waals surface area contributed by atoms with Crippen LogP contribution in [0.3, 0.4) is 0 Å². The number of carbonyl (C=O) groups is 1. The molecule has 0 aliphatic rings. The molecule has 9 nitrogen and oxygen atoms in total. The average molecular weight is 458 g/mol. The zero-order chi connectivity index (χ0) is 23.9. The fraction of sp³-hybridized carbons (Fsp3) is 0.120. The Morgan fingerprint density at radius 3 is 2.38 bits per heavy atom. The van der Waals surface area contributed by atoms with E-state index in [1.807, 2.05) is 54.6 Å². The fourth-order valence-corrected chi connectivity index (χ4v) is 3.28. The summed E-state index contributed by atoms with van der Waals surface area (Å²) in [6, 6.07) is 23.5. The first kappa shape index (κ1) is 22.5. The normalized spacial score (nSPS) is 10.5. The molecular weight excluding hydrogens is 436 g/mol. The van der Waals surface area contributed by atoms with Crippen molar-refractivity contribution in [3.63, 3.8) is 0 Å². The van der Waals surface area contributed by atoms with Crippen LogP contribution in [-0.4, -0.2) is 27.2 Å². The van der Waals surface area contributed by atoms with E-state index in [0.717, 1.165) is 11.1 Å². The van der Waals surface area contributed by atoms with Gasteiger partial charge in [-0.25, -0.2) is 4.68 Å². The summed E-state index contributed by atoms with van der Waals surface area (Å²) in [4.78, 5) is 23.4. The van der Waals surface area contributed by atoms with Gasteiger partial charge in [0.2, 0.25) is 0 Å². The van der Waals surface area contributed by atoms with Crippen molar-refractivity contribution in [2.24, 2.45) is 0 Å². The smallest absolute Gasteiger partial charge is 0.296 e. The number of rotatable bonds is 9. The number of nitro groups is 1. The number of hydrogen-bond acceptors (Lipinski definition) is 6. The second-order valence-electron chi connectivity index (χ2n) is 7.23. The van der Waals surface area contributed by atoms with Gasteiger partial charge in [0.25, 0.3) is 11.6 Å². The molecule has 0 fully saturated rings. The van der Waals surface area contributed by atoms with Gasteiger partial charge in [0.05, 0.1) is 17.6 Å². The first-order valence-corrected chi connectivity index (χ1v) is 10.6. The lowest BCUT2D eigenvalue weighted by molar-refractivity contribution is -0.384. The van der Waals surface area contributed by atoms with Gasteiger partial charge in [-0.2, -0.15) is 5.10 Å². The van der Waals surface area contributed by atoms with Crippen LogP contribution in [0.25, 0.3) is 11.1 Å². The number of amides is 1. The third kappa shape index (κ3) is 5.39. The monoisotopic (exact) mass is 458 g/mol. The molecule has 1 N–H and O–H groups in total. The largest absolute Gasteiger partial charge is 0.494 e. The van der Waals surface area contributed by atoms with E-state index in [1.54, 1.807) is 19.2 Å². The third-order valence-electron chi connectivity index (χ3n) is 4.92. The van der Waals surface area contributed by atoms with E-state index in [1.165, 1.54) is 22.9 Å². The molecule has 4 aromatic rings. The van der Waals surface area contributed by atoms with E-state index in [-0.39, 0.29) is 23.8 Å². The number of carbonyl (C=O) groups excluding carboxylic acids is 1. The maximum absolute atomic E-state index is 12.6. The Labute approximate surface area is 195 Å². The highest BCUT2D eigenvalue weighted by Crippen LogP contribution is 2.29. The number of ether oxygens (including phenoxy) is 2. The number of nitrogens with zero attached hydrogens (tertiary/aromatic N) is 3. The summed E-state index contributed by atoms with van der Waals surface area (Å²) in [5, 5.41) is 18.1. The molecule has 3 aromatic carbocycles. The minimum Gasteiger partial charge on any atom is -0.494 e. The molecule has 0 atom stereocenters. The van der Waals surface area contributed by atoms with Gasteiger partial charge in [0.15, 0.2) is 12.4 Å². The third-order valence-corrected chi connectivity index (χ3v) is 4.92. The maximum atomic E-state index is 12.6. The lowest BCUT2D eigenvalue weighted by Gasteiger charge is -2.08. The molecule has 1 aromatic heterocycles. The standard InChI is InChI=1S/C25H22N4O5/c1-2-33-21-12-13-22(24(16-21)29(31)32)26-25(30)23-14-15-28(27-23)17-34-20-10-8-19(9-11-20)18-6-4-3-5-7-18/h3-16H,2,17H2,1H3,(H,26,30). The Balaban J connectivity index is 1.38. The fourth-order valence-electron chi connectivity index (χ4n) is 3.28. The summed E-state index contributed by atoms with van der Waals surface area (Å²) in [6.45, 7) is 2.25. The van der Waals surface area contributed by atoms with E-state index >= 15 is 0 Å². The van der Waals surface area contributed by atoms with Crippen LogP contribution in [0, 0.1) is 10.1 Å². The lowest BCUT2D eigenvalue weighted by Crippen LogP contribution is -2.15. The van der Waals surface area contributed by atoms with E-state index in [0.29, 0.717) is 18.1 Å². The summed E-state index contributed by atoms with van der Waals surface area (Å²) in [6.07, 6.45) is 1.60. The topological polar surface area (TPSA) is 109 Å². The zero-order valence-corrected chi connectivity index (χ0v) is 18.4. The summed E-state index contributed by atoms with van der Waals surface area (Å²) < 4.78 is 12.5. The Hall–Kier alpha value is -4.66. The molecular formula is C25H22N4O5. The minimum atomic E-state index is -0.576. The Bertz CT molecular complexity index is 1290. The number of nitrogens with one attached hydrogen (secondary N) is 1. The molecule has 0 unspecified atom stereocenters. The molecule has 1 heterocycles. The molecule has 0 aliphatic carbocycles. The predicted octanol–water partition coefficient (Wildman–Crippen LogP) is 5.15. The molecule has 9 heteroatoms. The van der Waals surface area contributed by atoms with Crippen molar-refractivity contribution in [3.05, 3.63) is 101 Å². The van der Waals surface area contributed by atoms with Gasteiger partial charge < -0.3 is 14.8 Å². The first-order chi connectivity index (χ1) is 16.5. The number of hydrogen-bond donors (Lipinski definition) is 1. The summed E-state index contributed by atoms with van der Waals surface area (Å²) >= 11 is 0. The summed E-state index contributed by atoms with van der Waals surface area (Å²) in [7, 11) is 0. The quantitative estimate of drug-likeness (QED) is 0.275. The highest BCUT2D eigenvalue weighted by atomic mass is 16.6. The van der Waals surface area contributed by atoms with Gasteiger partial charge in [0, 0.05) is 6.20 Å². The van der Waals surface area contributed by atoms with Crippen LogP contribution in [0.5, 0.6) is 11.5 Å². The van der Waals surface area contributed by atoms with Crippen molar-refractivity contribution in [1.82, 2.24) is 9.78 Å². The van der Waals surface area contributed by atoms with E-state index in [2.05, 4.69) is 10.4 Å². The highest BCUT2D eigenvalue weighted by Gasteiger charge is 2.19. The Morgan fingerprint density at radius 2 is 1.68 bits per heavy atom. The second-order valence-corrected chi connectivity index (χ2v) is 7.23. The van der Waals surface area contributed by atoms with Crippen LogP contribution in [0.15, 0.2) is 85.1 Å². The van der Waals surface area contributed by atoms with Crippen LogP contribution in [-0.2, 0) is 6.73 Å². The van der Waals surface area contributed by atoms with Crippen LogP contribution in [0.2, 0.25) is 0 Å². The Kier molecular flexibility index (Phi) is 6.83. The van der Waals surface area contributed by atoms with Gasteiger partial charge in [-0.05, 0) is 48.4 Å². The molecule has 172 valence electrons. The number of benzene rings is 3. The van der Waals surface area contributed by atoms with Crippen molar-refractivity contribution in [3.8, 4) is 22.6 Å². The average Bonchev–Trinajstić information content (AvgIpc) is 3.34. The molecule has 0 bridgehead atoms. The SMILES string of the molecule is CCOc1ccc(NC(=O)c2ccn(COc3ccc(-c4ccccc4)cc3)n2)c([N+](=O)[O-])c1. The predicted molar refractivity (Wildman–Crippen MR) is 127 cm³/mol. The molecule has 0 saturated carbocycles. The lowest BCUT2D eigenvalue weighted by atomic mass is 10.1. The van der Waals surface area contributed by atoms with E-state index in [9.17, 15) is 14.9 Å².